The van der Waals surface area contributed by atoms with E-state index in [-0.39, 0.29) is 0 Å². The first kappa shape index (κ1) is 12.7. The van der Waals surface area contributed by atoms with Gasteiger partial charge < -0.3 is 9.47 Å². The molecule has 5 heteroatoms. The van der Waals surface area contributed by atoms with Crippen molar-refractivity contribution >= 4 is 23.3 Å². The molecule has 0 N–H and O–H groups in total. The summed E-state index contributed by atoms with van der Waals surface area (Å²) in [7, 11) is 2.51. The Labute approximate surface area is 98.2 Å². The molecule has 1 aromatic heterocycles. The summed E-state index contributed by atoms with van der Waals surface area (Å²) in [5, 5.41) is 0. The van der Waals surface area contributed by atoms with Crippen LogP contribution in [0.15, 0.2) is 12.1 Å². The normalized spacial score (nSPS) is 10.2. The molecule has 0 amide bonds. The van der Waals surface area contributed by atoms with E-state index in [0.717, 1.165) is 11.3 Å². The molecule has 0 aromatic carbocycles. The number of aryl methyl sites for hydroxylation is 1. The minimum atomic E-state index is -0.958. The van der Waals surface area contributed by atoms with E-state index in [1.165, 1.54) is 25.6 Å². The molecule has 0 saturated heterocycles. The summed E-state index contributed by atoms with van der Waals surface area (Å²) in [5.74, 6) is -2.13. The first-order chi connectivity index (χ1) is 7.63. The Balaban J connectivity index is 3.00. The van der Waals surface area contributed by atoms with Gasteiger partial charge in [0.2, 0.25) is 0 Å². The van der Waals surface area contributed by atoms with Crippen molar-refractivity contribution < 1.29 is 19.1 Å². The zero-order valence-corrected chi connectivity index (χ0v) is 10.3. The summed E-state index contributed by atoms with van der Waals surface area (Å²) < 4.78 is 9.20. The molecule has 4 nitrogen and oxygen atoms in total. The van der Waals surface area contributed by atoms with Gasteiger partial charge in [-0.05, 0) is 18.6 Å². The van der Waals surface area contributed by atoms with Crippen LogP contribution in [0.1, 0.15) is 22.6 Å². The van der Waals surface area contributed by atoms with Crippen LogP contribution in [0.3, 0.4) is 0 Å². The van der Waals surface area contributed by atoms with Gasteiger partial charge in [0.15, 0.2) is 5.92 Å². The van der Waals surface area contributed by atoms with Crippen molar-refractivity contribution in [1.82, 2.24) is 0 Å². The van der Waals surface area contributed by atoms with E-state index >= 15 is 0 Å². The molecule has 1 rings (SSSR count). The van der Waals surface area contributed by atoms with Gasteiger partial charge in [-0.1, -0.05) is 6.92 Å². The molecule has 0 fully saturated rings. The fourth-order valence-electron chi connectivity index (χ4n) is 1.30. The maximum atomic E-state index is 11.5. The van der Waals surface area contributed by atoms with Crippen LogP contribution in [0.25, 0.3) is 0 Å². The van der Waals surface area contributed by atoms with Crippen molar-refractivity contribution in [1.29, 1.82) is 0 Å². The highest BCUT2D eigenvalue weighted by molar-refractivity contribution is 7.12. The Morgan fingerprint density at radius 3 is 2.19 bits per heavy atom. The number of ether oxygens (including phenoxy) is 2. The van der Waals surface area contributed by atoms with Gasteiger partial charge in [-0.15, -0.1) is 11.3 Å². The van der Waals surface area contributed by atoms with Crippen LogP contribution < -0.4 is 0 Å². The summed E-state index contributed by atoms with van der Waals surface area (Å²) in [6.45, 7) is 2.01. The topological polar surface area (TPSA) is 52.6 Å². The molecule has 0 aliphatic heterocycles. The lowest BCUT2D eigenvalue weighted by Gasteiger charge is -2.10. The molecule has 0 radical (unpaired) electrons. The first-order valence-corrected chi connectivity index (χ1v) is 5.70. The van der Waals surface area contributed by atoms with E-state index in [0.29, 0.717) is 4.88 Å². The van der Waals surface area contributed by atoms with Crippen molar-refractivity contribution in [3.63, 3.8) is 0 Å². The van der Waals surface area contributed by atoms with E-state index in [9.17, 15) is 9.59 Å². The summed E-state index contributed by atoms with van der Waals surface area (Å²) in [6.07, 6.45) is 0.875. The third-order valence-electron chi connectivity index (χ3n) is 2.19. The second-order valence-corrected chi connectivity index (χ2v) is 4.34. The second-order valence-electron chi connectivity index (χ2n) is 3.14. The lowest BCUT2D eigenvalue weighted by molar-refractivity contribution is -0.154. The molecule has 0 bridgehead atoms. The fraction of sp³-hybridized carbons (Fsp3) is 0.455. The standard InChI is InChI=1S/C11H14O4S/c1-4-7-5-6-8(16-7)9(10(12)14-2)11(13)15-3/h5-6,9H,4H2,1-3H3. The van der Waals surface area contributed by atoms with Gasteiger partial charge in [0.25, 0.3) is 0 Å². The molecule has 0 spiro atoms. The monoisotopic (exact) mass is 242 g/mol. The summed E-state index contributed by atoms with van der Waals surface area (Å²) in [4.78, 5) is 24.8. The maximum Gasteiger partial charge on any atom is 0.325 e. The predicted octanol–water partition coefficient (Wildman–Crippen LogP) is 1.74. The molecule has 1 aromatic rings. The van der Waals surface area contributed by atoms with Crippen LogP contribution in [0.2, 0.25) is 0 Å². The van der Waals surface area contributed by atoms with E-state index in [1.54, 1.807) is 6.07 Å². The van der Waals surface area contributed by atoms with E-state index in [2.05, 4.69) is 9.47 Å². The van der Waals surface area contributed by atoms with Gasteiger partial charge in [0.05, 0.1) is 14.2 Å². The van der Waals surface area contributed by atoms with Crippen molar-refractivity contribution in [2.75, 3.05) is 14.2 Å². The number of methoxy groups -OCH3 is 2. The van der Waals surface area contributed by atoms with Gasteiger partial charge in [0, 0.05) is 9.75 Å². The highest BCUT2D eigenvalue weighted by atomic mass is 32.1. The fourth-order valence-corrected chi connectivity index (χ4v) is 2.33. The predicted molar refractivity (Wildman–Crippen MR) is 60.5 cm³/mol. The molecule has 16 heavy (non-hydrogen) atoms. The van der Waals surface area contributed by atoms with Crippen LogP contribution >= 0.6 is 11.3 Å². The number of thiophene rings is 1. The quantitative estimate of drug-likeness (QED) is 0.596. The number of hydrogen-bond acceptors (Lipinski definition) is 5. The van der Waals surface area contributed by atoms with Crippen molar-refractivity contribution in [2.45, 2.75) is 19.3 Å². The van der Waals surface area contributed by atoms with Crippen LogP contribution in [0, 0.1) is 0 Å². The molecule has 1 heterocycles. The zero-order chi connectivity index (χ0) is 12.1. The van der Waals surface area contributed by atoms with Gasteiger partial charge in [-0.2, -0.15) is 0 Å². The average molecular weight is 242 g/mol. The number of carbonyl (C=O) groups is 2. The van der Waals surface area contributed by atoms with Gasteiger partial charge >= 0.3 is 11.9 Å². The third kappa shape index (κ3) is 2.61. The van der Waals surface area contributed by atoms with E-state index in [1.807, 2.05) is 13.0 Å². The Morgan fingerprint density at radius 1 is 1.25 bits per heavy atom. The second kappa shape index (κ2) is 5.65. The lowest BCUT2D eigenvalue weighted by atomic mass is 10.1. The summed E-state index contributed by atoms with van der Waals surface area (Å²) in [5.41, 5.74) is 0. The van der Waals surface area contributed by atoms with Crippen LogP contribution in [-0.4, -0.2) is 26.2 Å². The Kier molecular flexibility index (Phi) is 4.49. The molecule has 0 aliphatic carbocycles. The van der Waals surface area contributed by atoms with Gasteiger partial charge in [0.1, 0.15) is 0 Å². The van der Waals surface area contributed by atoms with Crippen molar-refractivity contribution in [2.24, 2.45) is 0 Å². The lowest BCUT2D eigenvalue weighted by Crippen LogP contribution is -2.23. The average Bonchev–Trinajstić information content (AvgIpc) is 2.77. The molecule has 0 atom stereocenters. The summed E-state index contributed by atoms with van der Waals surface area (Å²) in [6, 6.07) is 3.67. The largest absolute Gasteiger partial charge is 0.468 e. The van der Waals surface area contributed by atoms with Crippen molar-refractivity contribution in [3.05, 3.63) is 21.9 Å². The van der Waals surface area contributed by atoms with Crippen LogP contribution in [0.5, 0.6) is 0 Å². The highest BCUT2D eigenvalue weighted by Gasteiger charge is 2.31. The molecule has 88 valence electrons. The maximum absolute atomic E-state index is 11.5. The molecular weight excluding hydrogens is 228 g/mol. The number of carbonyl (C=O) groups excluding carboxylic acids is 2. The Hall–Kier alpha value is -1.36. The minimum Gasteiger partial charge on any atom is -0.468 e. The summed E-state index contributed by atoms with van der Waals surface area (Å²) >= 11 is 1.43. The zero-order valence-electron chi connectivity index (χ0n) is 9.48. The molecule has 0 saturated carbocycles. The van der Waals surface area contributed by atoms with E-state index in [4.69, 9.17) is 0 Å². The van der Waals surface area contributed by atoms with Gasteiger partial charge in [-0.25, -0.2) is 0 Å². The Bertz CT molecular complexity index is 367. The third-order valence-corrected chi connectivity index (χ3v) is 3.48. The van der Waals surface area contributed by atoms with Crippen LogP contribution in [-0.2, 0) is 25.5 Å². The van der Waals surface area contributed by atoms with Crippen LogP contribution in [0.4, 0.5) is 0 Å². The molecule has 0 unspecified atom stereocenters. The van der Waals surface area contributed by atoms with Gasteiger partial charge in [-0.3, -0.25) is 9.59 Å². The smallest absolute Gasteiger partial charge is 0.325 e. The number of rotatable bonds is 4. The van der Waals surface area contributed by atoms with E-state index < -0.39 is 17.9 Å². The number of esters is 2. The minimum absolute atomic E-state index is 0.587. The highest BCUT2D eigenvalue weighted by Crippen LogP contribution is 2.27. The SMILES string of the molecule is CCc1ccc(C(C(=O)OC)C(=O)OC)s1. The molecular formula is C11H14O4S. The molecule has 0 aliphatic rings. The Morgan fingerprint density at radius 2 is 1.81 bits per heavy atom. The first-order valence-electron chi connectivity index (χ1n) is 4.88. The number of hydrogen-bond donors (Lipinski definition) is 0. The van der Waals surface area contributed by atoms with Crippen molar-refractivity contribution in [3.8, 4) is 0 Å².